The molecule has 1 rings (SSSR count). The van der Waals surface area contributed by atoms with E-state index >= 15 is 0 Å². The molecule has 0 saturated heterocycles. The van der Waals surface area contributed by atoms with Crippen molar-refractivity contribution in [1.29, 1.82) is 10.5 Å². The number of ether oxygens (including phenoxy) is 1. The van der Waals surface area contributed by atoms with Gasteiger partial charge >= 0.3 is 6.09 Å². The van der Waals surface area contributed by atoms with Crippen LogP contribution in [0.2, 0.25) is 5.15 Å². The third-order valence-electron chi connectivity index (χ3n) is 1.23. The van der Waals surface area contributed by atoms with E-state index in [1.807, 2.05) is 0 Å². The molecule has 0 aliphatic carbocycles. The van der Waals surface area contributed by atoms with Crippen LogP contribution in [0.5, 0.6) is 5.88 Å². The molecular formula is C7H2ClN5O2. The predicted molar refractivity (Wildman–Crippen MR) is 46.7 cm³/mol. The van der Waals surface area contributed by atoms with E-state index in [1.165, 1.54) is 0 Å². The molecule has 0 aromatic carbocycles. The van der Waals surface area contributed by atoms with Crippen molar-refractivity contribution >= 4 is 17.7 Å². The van der Waals surface area contributed by atoms with Crippen LogP contribution in [0, 0.1) is 22.7 Å². The minimum absolute atomic E-state index is 0.251. The number of rotatable bonds is 1. The summed E-state index contributed by atoms with van der Waals surface area (Å²) in [5.74, 6) is -0.403. The highest BCUT2D eigenvalue weighted by Crippen LogP contribution is 2.20. The number of carbonyl (C=O) groups is 1. The van der Waals surface area contributed by atoms with Crippen molar-refractivity contribution in [3.8, 4) is 18.0 Å². The lowest BCUT2D eigenvalue weighted by Crippen LogP contribution is -2.18. The SMILES string of the molecule is N#Cc1nc(Cl)c(OC(N)=O)nc1C#N. The number of nitrogens with zero attached hydrogens (tertiary/aromatic N) is 4. The van der Waals surface area contributed by atoms with Crippen LogP contribution in [0.15, 0.2) is 0 Å². The second kappa shape index (κ2) is 4.22. The largest absolute Gasteiger partial charge is 0.411 e. The van der Waals surface area contributed by atoms with Crippen molar-refractivity contribution < 1.29 is 9.53 Å². The van der Waals surface area contributed by atoms with Gasteiger partial charge in [-0.25, -0.2) is 9.78 Å². The molecule has 74 valence electrons. The van der Waals surface area contributed by atoms with Crippen molar-refractivity contribution in [3.05, 3.63) is 16.5 Å². The maximum atomic E-state index is 10.4. The van der Waals surface area contributed by atoms with Gasteiger partial charge in [-0.05, 0) is 0 Å². The monoisotopic (exact) mass is 223 g/mol. The summed E-state index contributed by atoms with van der Waals surface area (Å²) in [5, 5.41) is 16.8. The lowest BCUT2D eigenvalue weighted by atomic mass is 10.3. The molecule has 7 nitrogen and oxygen atoms in total. The number of nitriles is 2. The van der Waals surface area contributed by atoms with Gasteiger partial charge in [0.05, 0.1) is 0 Å². The van der Waals surface area contributed by atoms with Crippen molar-refractivity contribution in [2.45, 2.75) is 0 Å². The third kappa shape index (κ3) is 2.30. The summed E-state index contributed by atoms with van der Waals surface area (Å²) in [6.07, 6.45) is -1.14. The molecule has 1 aromatic rings. The lowest BCUT2D eigenvalue weighted by Gasteiger charge is -2.01. The van der Waals surface area contributed by atoms with Gasteiger partial charge in [-0.15, -0.1) is 0 Å². The fourth-order valence-corrected chi connectivity index (χ4v) is 0.881. The zero-order valence-electron chi connectivity index (χ0n) is 7.06. The molecule has 0 radical (unpaired) electrons. The van der Waals surface area contributed by atoms with E-state index in [0.717, 1.165) is 0 Å². The molecule has 1 amide bonds. The second-order valence-electron chi connectivity index (χ2n) is 2.16. The Labute approximate surface area is 88.7 Å². The van der Waals surface area contributed by atoms with E-state index in [-0.39, 0.29) is 16.5 Å². The predicted octanol–water partition coefficient (Wildman–Crippen LogP) is 0.331. The van der Waals surface area contributed by atoms with Gasteiger partial charge in [-0.3, -0.25) is 0 Å². The standard InChI is InChI=1S/C7H2ClN5O2/c8-5-6(15-7(11)14)13-4(2-10)3(1-9)12-5/h(H2,11,14). The Kier molecular flexibility index (Phi) is 3.01. The smallest absolute Gasteiger partial charge is 0.388 e. The van der Waals surface area contributed by atoms with Crippen LogP contribution >= 0.6 is 11.6 Å². The molecule has 2 N–H and O–H groups in total. The van der Waals surface area contributed by atoms with Crippen LogP contribution < -0.4 is 10.5 Å². The topological polar surface area (TPSA) is 126 Å². The number of hydrogen-bond donors (Lipinski definition) is 1. The van der Waals surface area contributed by atoms with Gasteiger partial charge in [0.25, 0.3) is 5.88 Å². The molecule has 1 aromatic heterocycles. The van der Waals surface area contributed by atoms with E-state index < -0.39 is 12.0 Å². The summed E-state index contributed by atoms with van der Waals surface area (Å²) >= 11 is 5.51. The van der Waals surface area contributed by atoms with E-state index in [1.54, 1.807) is 12.1 Å². The first-order chi connectivity index (χ1) is 7.08. The molecular weight excluding hydrogens is 222 g/mol. The summed E-state index contributed by atoms with van der Waals surface area (Å²) < 4.78 is 4.36. The summed E-state index contributed by atoms with van der Waals surface area (Å²) in [7, 11) is 0. The Balaban J connectivity index is 3.29. The van der Waals surface area contributed by atoms with Gasteiger partial charge in [0, 0.05) is 0 Å². The maximum absolute atomic E-state index is 10.4. The second-order valence-corrected chi connectivity index (χ2v) is 2.52. The first kappa shape index (κ1) is 10.7. The van der Waals surface area contributed by atoms with Crippen LogP contribution in [0.3, 0.4) is 0 Å². The molecule has 0 unspecified atom stereocenters. The van der Waals surface area contributed by atoms with Gasteiger partial charge < -0.3 is 10.5 Å². The summed E-state index contributed by atoms with van der Waals surface area (Å²) in [6.45, 7) is 0. The van der Waals surface area contributed by atoms with Crippen LogP contribution in [0.25, 0.3) is 0 Å². The normalized spacial score (nSPS) is 8.73. The van der Waals surface area contributed by atoms with E-state index in [4.69, 9.17) is 27.9 Å². The zero-order chi connectivity index (χ0) is 11.4. The van der Waals surface area contributed by atoms with Gasteiger partial charge in [0.15, 0.2) is 16.5 Å². The van der Waals surface area contributed by atoms with Crippen LogP contribution in [-0.2, 0) is 0 Å². The Morgan fingerprint density at radius 2 is 1.87 bits per heavy atom. The van der Waals surface area contributed by atoms with Crippen molar-refractivity contribution in [1.82, 2.24) is 9.97 Å². The molecule has 0 atom stereocenters. The number of aromatic nitrogens is 2. The summed E-state index contributed by atoms with van der Waals surface area (Å²) in [4.78, 5) is 17.4. The number of nitrogens with two attached hydrogens (primary N) is 1. The molecule has 0 saturated carbocycles. The number of hydrogen-bond acceptors (Lipinski definition) is 6. The highest BCUT2D eigenvalue weighted by atomic mass is 35.5. The van der Waals surface area contributed by atoms with Crippen LogP contribution in [0.4, 0.5) is 4.79 Å². The average Bonchev–Trinajstić information content (AvgIpc) is 2.19. The zero-order valence-corrected chi connectivity index (χ0v) is 7.82. The first-order valence-electron chi connectivity index (χ1n) is 3.43. The minimum atomic E-state index is -1.14. The van der Waals surface area contributed by atoms with E-state index in [9.17, 15) is 4.79 Å². The molecule has 0 fully saturated rings. The van der Waals surface area contributed by atoms with Crippen molar-refractivity contribution in [2.75, 3.05) is 0 Å². The van der Waals surface area contributed by atoms with Crippen molar-refractivity contribution in [2.24, 2.45) is 5.73 Å². The fourth-order valence-electron chi connectivity index (χ4n) is 0.716. The highest BCUT2D eigenvalue weighted by Gasteiger charge is 2.14. The van der Waals surface area contributed by atoms with Gasteiger partial charge in [-0.1, -0.05) is 11.6 Å². The first-order valence-corrected chi connectivity index (χ1v) is 3.81. The minimum Gasteiger partial charge on any atom is -0.388 e. The molecule has 0 aliphatic rings. The molecule has 1 heterocycles. The van der Waals surface area contributed by atoms with Crippen LogP contribution in [-0.4, -0.2) is 16.1 Å². The lowest BCUT2D eigenvalue weighted by molar-refractivity contribution is 0.209. The molecule has 15 heavy (non-hydrogen) atoms. The Bertz CT molecular complexity index is 501. The quantitative estimate of drug-likeness (QED) is 0.731. The Morgan fingerprint density at radius 1 is 1.33 bits per heavy atom. The number of primary amides is 1. The molecule has 0 spiro atoms. The molecule has 8 heteroatoms. The van der Waals surface area contributed by atoms with Gasteiger partial charge in [0.1, 0.15) is 12.1 Å². The van der Waals surface area contributed by atoms with E-state index in [0.29, 0.717) is 0 Å². The van der Waals surface area contributed by atoms with Crippen molar-refractivity contribution in [3.63, 3.8) is 0 Å². The van der Waals surface area contributed by atoms with E-state index in [2.05, 4.69) is 14.7 Å². The summed E-state index contributed by atoms with van der Waals surface area (Å²) in [5.41, 5.74) is 4.18. The fraction of sp³-hybridized carbons (Fsp3) is 0. The highest BCUT2D eigenvalue weighted by molar-refractivity contribution is 6.30. The molecule has 0 aliphatic heterocycles. The van der Waals surface area contributed by atoms with Gasteiger partial charge in [-0.2, -0.15) is 15.5 Å². The Hall–Kier alpha value is -2.38. The maximum Gasteiger partial charge on any atom is 0.411 e. The number of carbonyl (C=O) groups excluding carboxylic acids is 1. The summed E-state index contributed by atoms with van der Waals surface area (Å²) in [6, 6.07) is 3.22. The number of halogens is 1. The average molecular weight is 224 g/mol. The number of amides is 1. The third-order valence-corrected chi connectivity index (χ3v) is 1.48. The van der Waals surface area contributed by atoms with Gasteiger partial charge in [0.2, 0.25) is 0 Å². The molecule has 0 bridgehead atoms. The van der Waals surface area contributed by atoms with Crippen LogP contribution in [0.1, 0.15) is 11.4 Å². The Morgan fingerprint density at radius 3 is 2.33 bits per heavy atom.